The van der Waals surface area contributed by atoms with Gasteiger partial charge in [-0.3, -0.25) is 13.9 Å². The fraction of sp³-hybridized carbons (Fsp3) is 0.364. The fourth-order valence-corrected chi connectivity index (χ4v) is 4.22. The molecule has 2 aromatic rings. The number of sulfonamides is 1. The van der Waals surface area contributed by atoms with Crippen LogP contribution in [0.1, 0.15) is 25.0 Å². The van der Waals surface area contributed by atoms with Crippen LogP contribution in [-0.2, 0) is 26.2 Å². The smallest absolute Gasteiger partial charge is 0.244 e. The van der Waals surface area contributed by atoms with E-state index in [1.54, 1.807) is 39.0 Å². The maximum Gasteiger partial charge on any atom is 0.244 e. The number of halogens is 2. The topological polar surface area (TPSA) is 86.8 Å². The Morgan fingerprint density at radius 2 is 1.78 bits per heavy atom. The first-order chi connectivity index (χ1) is 15.0. The summed E-state index contributed by atoms with van der Waals surface area (Å²) in [5, 5.41) is 3.03. The van der Waals surface area contributed by atoms with Crippen LogP contribution >= 0.6 is 11.6 Å². The second-order valence-corrected chi connectivity index (χ2v) is 9.69. The second kappa shape index (κ2) is 10.8. The lowest BCUT2D eigenvalue weighted by Crippen LogP contribution is -2.51. The van der Waals surface area contributed by atoms with Gasteiger partial charge in [0.15, 0.2) is 0 Å². The van der Waals surface area contributed by atoms with E-state index in [0.29, 0.717) is 22.7 Å². The quantitative estimate of drug-likeness (QED) is 0.593. The molecule has 0 bridgehead atoms. The predicted molar refractivity (Wildman–Crippen MR) is 123 cm³/mol. The summed E-state index contributed by atoms with van der Waals surface area (Å²) in [5.41, 5.74) is 1.38. The van der Waals surface area contributed by atoms with Crippen LogP contribution < -0.4 is 9.62 Å². The van der Waals surface area contributed by atoms with E-state index in [2.05, 4.69) is 5.32 Å². The van der Waals surface area contributed by atoms with Gasteiger partial charge < -0.3 is 10.2 Å². The Bertz CT molecular complexity index is 1080. The highest BCUT2D eigenvalue weighted by Gasteiger charge is 2.30. The summed E-state index contributed by atoms with van der Waals surface area (Å²) >= 11 is 6.15. The zero-order valence-electron chi connectivity index (χ0n) is 18.4. The second-order valence-electron chi connectivity index (χ2n) is 7.37. The molecule has 0 spiro atoms. The third-order valence-corrected chi connectivity index (χ3v) is 6.51. The Balaban J connectivity index is 2.42. The molecule has 0 heterocycles. The van der Waals surface area contributed by atoms with Gasteiger partial charge in [0.1, 0.15) is 18.4 Å². The highest BCUT2D eigenvalue weighted by Crippen LogP contribution is 2.28. The molecule has 0 aliphatic carbocycles. The number of nitrogens with one attached hydrogen (secondary N) is 1. The molecule has 0 unspecified atom stereocenters. The number of benzene rings is 2. The summed E-state index contributed by atoms with van der Waals surface area (Å²) in [7, 11) is -3.84. The van der Waals surface area contributed by atoms with Gasteiger partial charge in [-0.05, 0) is 56.2 Å². The van der Waals surface area contributed by atoms with Crippen molar-refractivity contribution in [2.75, 3.05) is 23.7 Å². The molecule has 0 fully saturated rings. The van der Waals surface area contributed by atoms with Crippen LogP contribution in [0.15, 0.2) is 42.5 Å². The van der Waals surface area contributed by atoms with Crippen molar-refractivity contribution in [2.45, 2.75) is 33.4 Å². The molecule has 2 aromatic carbocycles. The Morgan fingerprint density at radius 3 is 2.34 bits per heavy atom. The Morgan fingerprint density at radius 1 is 1.16 bits per heavy atom. The molecular weight excluding hydrogens is 457 g/mol. The number of carbonyl (C=O) groups excluding carboxylic acids is 2. The van der Waals surface area contributed by atoms with Crippen molar-refractivity contribution < 1.29 is 22.4 Å². The largest absolute Gasteiger partial charge is 0.355 e. The van der Waals surface area contributed by atoms with Crippen LogP contribution in [0.4, 0.5) is 10.1 Å². The minimum atomic E-state index is -3.84. The zero-order chi connectivity index (χ0) is 24.1. The molecule has 174 valence electrons. The minimum absolute atomic E-state index is 0.00352. The van der Waals surface area contributed by atoms with Gasteiger partial charge >= 0.3 is 0 Å². The lowest BCUT2D eigenvalue weighted by atomic mass is 10.1. The Hall–Kier alpha value is -2.65. The summed E-state index contributed by atoms with van der Waals surface area (Å²) in [4.78, 5) is 27.1. The number of hydrogen-bond acceptors (Lipinski definition) is 4. The molecule has 32 heavy (non-hydrogen) atoms. The minimum Gasteiger partial charge on any atom is -0.355 e. The third kappa shape index (κ3) is 6.43. The molecule has 1 N–H and O–H groups in total. The van der Waals surface area contributed by atoms with Gasteiger partial charge in [-0.1, -0.05) is 29.8 Å². The number of rotatable bonds is 9. The monoisotopic (exact) mass is 483 g/mol. The first-order valence-electron chi connectivity index (χ1n) is 10.00. The van der Waals surface area contributed by atoms with Crippen molar-refractivity contribution in [3.05, 3.63) is 64.4 Å². The normalized spacial score (nSPS) is 12.2. The van der Waals surface area contributed by atoms with Crippen molar-refractivity contribution in [1.82, 2.24) is 10.2 Å². The van der Waals surface area contributed by atoms with Crippen LogP contribution in [0.2, 0.25) is 5.02 Å². The number of carbonyl (C=O) groups is 2. The van der Waals surface area contributed by atoms with E-state index in [4.69, 9.17) is 11.6 Å². The molecule has 7 nitrogen and oxygen atoms in total. The predicted octanol–water partition coefficient (Wildman–Crippen LogP) is 3.11. The molecule has 0 aliphatic heterocycles. The zero-order valence-corrected chi connectivity index (χ0v) is 20.0. The third-order valence-electron chi connectivity index (χ3n) is 4.97. The number of likely N-dealkylation sites (N-methyl/N-ethyl adjacent to an activating group) is 1. The van der Waals surface area contributed by atoms with Crippen LogP contribution in [0.5, 0.6) is 0 Å². The standard InChI is InChI=1S/C22H27ClFN3O4S/c1-5-25-22(29)16(3)26(13-17-9-11-18(24)12-10-17)21(28)14-27(32(4,30)31)20-8-6-7-19(23)15(20)2/h6-12,16H,5,13-14H2,1-4H3,(H,25,29)/t16-/m1/s1. The van der Waals surface area contributed by atoms with Crippen molar-refractivity contribution in [1.29, 1.82) is 0 Å². The summed E-state index contributed by atoms with van der Waals surface area (Å²) in [6, 6.07) is 9.44. The van der Waals surface area contributed by atoms with E-state index in [1.165, 1.54) is 29.2 Å². The van der Waals surface area contributed by atoms with Crippen molar-refractivity contribution in [3.63, 3.8) is 0 Å². The first kappa shape index (κ1) is 25.6. The lowest BCUT2D eigenvalue weighted by Gasteiger charge is -2.32. The first-order valence-corrected chi connectivity index (χ1v) is 12.2. The maximum absolute atomic E-state index is 13.3. The molecule has 0 saturated heterocycles. The summed E-state index contributed by atoms with van der Waals surface area (Å²) in [5.74, 6) is -1.39. The van der Waals surface area contributed by atoms with Gasteiger partial charge in [0.05, 0.1) is 11.9 Å². The molecule has 10 heteroatoms. The summed E-state index contributed by atoms with van der Waals surface area (Å²) < 4.78 is 39.4. The summed E-state index contributed by atoms with van der Waals surface area (Å²) in [6.45, 7) is 4.83. The molecular formula is C22H27ClFN3O4S. The van der Waals surface area contributed by atoms with Gasteiger partial charge in [-0.2, -0.15) is 0 Å². The van der Waals surface area contributed by atoms with Crippen LogP contribution in [-0.4, -0.2) is 50.5 Å². The van der Waals surface area contributed by atoms with Crippen molar-refractivity contribution in [2.24, 2.45) is 0 Å². The lowest BCUT2D eigenvalue weighted by molar-refractivity contribution is -0.139. The van der Waals surface area contributed by atoms with E-state index >= 15 is 0 Å². The molecule has 1 atom stereocenters. The summed E-state index contributed by atoms with van der Waals surface area (Å²) in [6.07, 6.45) is 0.998. The van der Waals surface area contributed by atoms with Crippen LogP contribution in [0.3, 0.4) is 0 Å². The Labute approximate surface area is 193 Å². The van der Waals surface area contributed by atoms with Gasteiger partial charge in [-0.25, -0.2) is 12.8 Å². The number of nitrogens with zero attached hydrogens (tertiary/aromatic N) is 2. The SMILES string of the molecule is CCNC(=O)[C@@H](C)N(Cc1ccc(F)cc1)C(=O)CN(c1cccc(Cl)c1C)S(C)(=O)=O. The van der Waals surface area contributed by atoms with E-state index < -0.39 is 34.3 Å². The number of anilines is 1. The molecule has 2 rings (SSSR count). The van der Waals surface area contributed by atoms with Gasteiger partial charge in [0.2, 0.25) is 21.8 Å². The van der Waals surface area contributed by atoms with E-state index in [-0.39, 0.29) is 18.1 Å². The van der Waals surface area contributed by atoms with E-state index in [9.17, 15) is 22.4 Å². The average Bonchev–Trinajstić information content (AvgIpc) is 2.72. The Kier molecular flexibility index (Phi) is 8.63. The molecule has 0 saturated carbocycles. The number of amides is 2. The highest BCUT2D eigenvalue weighted by molar-refractivity contribution is 7.92. The van der Waals surface area contributed by atoms with Crippen LogP contribution in [0.25, 0.3) is 0 Å². The van der Waals surface area contributed by atoms with Crippen molar-refractivity contribution in [3.8, 4) is 0 Å². The van der Waals surface area contributed by atoms with Gasteiger partial charge in [-0.15, -0.1) is 0 Å². The van der Waals surface area contributed by atoms with E-state index in [0.717, 1.165) is 10.6 Å². The van der Waals surface area contributed by atoms with E-state index in [1.807, 2.05) is 0 Å². The maximum atomic E-state index is 13.3. The number of hydrogen-bond donors (Lipinski definition) is 1. The van der Waals surface area contributed by atoms with Crippen molar-refractivity contribution >= 4 is 39.1 Å². The van der Waals surface area contributed by atoms with Gasteiger partial charge in [0.25, 0.3) is 0 Å². The molecule has 2 amide bonds. The molecule has 0 aromatic heterocycles. The average molecular weight is 484 g/mol. The molecule has 0 radical (unpaired) electrons. The fourth-order valence-electron chi connectivity index (χ4n) is 3.15. The van der Waals surface area contributed by atoms with Gasteiger partial charge in [0, 0.05) is 18.1 Å². The molecule has 0 aliphatic rings. The highest BCUT2D eigenvalue weighted by atomic mass is 35.5. The van der Waals surface area contributed by atoms with Crippen LogP contribution in [0, 0.1) is 12.7 Å².